The average molecular weight is 157 g/mol. The van der Waals surface area contributed by atoms with E-state index in [0.29, 0.717) is 6.42 Å². The molecular formula is C7H11NO3. The number of hydrogen-bond acceptors (Lipinski definition) is 3. The van der Waals surface area contributed by atoms with Gasteiger partial charge in [0.1, 0.15) is 0 Å². The van der Waals surface area contributed by atoms with E-state index in [1.54, 1.807) is 6.92 Å². The molecule has 0 radical (unpaired) electrons. The van der Waals surface area contributed by atoms with Crippen molar-refractivity contribution in [3.63, 3.8) is 0 Å². The number of hydroxylamine groups is 2. The quantitative estimate of drug-likeness (QED) is 0.446. The number of amides is 2. The Morgan fingerprint density at radius 2 is 2.18 bits per heavy atom. The summed E-state index contributed by atoms with van der Waals surface area (Å²) in [4.78, 5) is 21.9. The Kier molecular flexibility index (Phi) is 1.72. The van der Waals surface area contributed by atoms with Gasteiger partial charge in [0.15, 0.2) is 0 Å². The van der Waals surface area contributed by atoms with Gasteiger partial charge in [-0.2, -0.15) is 5.06 Å². The molecule has 0 saturated carbocycles. The monoisotopic (exact) mass is 157 g/mol. The van der Waals surface area contributed by atoms with Gasteiger partial charge in [-0.25, -0.2) is 0 Å². The number of carbonyl (C=O) groups excluding carboxylic acids is 2. The summed E-state index contributed by atoms with van der Waals surface area (Å²) < 4.78 is 0. The number of rotatable bonds is 1. The maximum atomic E-state index is 11.1. The first-order valence-electron chi connectivity index (χ1n) is 3.57. The molecule has 0 aromatic rings. The molecule has 1 atom stereocenters. The Labute approximate surface area is 64.8 Å². The zero-order valence-corrected chi connectivity index (χ0v) is 6.63. The van der Waals surface area contributed by atoms with Crippen LogP contribution in [-0.2, 0) is 9.59 Å². The van der Waals surface area contributed by atoms with Gasteiger partial charge in [-0.1, -0.05) is 13.8 Å². The molecule has 0 aliphatic carbocycles. The minimum atomic E-state index is -0.675. The van der Waals surface area contributed by atoms with Crippen molar-refractivity contribution in [2.45, 2.75) is 26.7 Å². The molecule has 1 heterocycles. The molecular weight excluding hydrogens is 146 g/mol. The highest BCUT2D eigenvalue weighted by Crippen LogP contribution is 2.34. The summed E-state index contributed by atoms with van der Waals surface area (Å²) in [5.41, 5.74) is -0.675. The lowest BCUT2D eigenvalue weighted by Crippen LogP contribution is -2.30. The summed E-state index contributed by atoms with van der Waals surface area (Å²) in [5.74, 6) is -0.982. The molecule has 0 aromatic heterocycles. The van der Waals surface area contributed by atoms with Gasteiger partial charge in [-0.15, -0.1) is 0 Å². The van der Waals surface area contributed by atoms with Gasteiger partial charge < -0.3 is 0 Å². The predicted octanol–water partition coefficient (Wildman–Crippen LogP) is 0.551. The van der Waals surface area contributed by atoms with Crippen molar-refractivity contribution < 1.29 is 14.8 Å². The molecule has 1 aliphatic heterocycles. The lowest BCUT2D eigenvalue weighted by atomic mass is 9.86. The van der Waals surface area contributed by atoms with Crippen LogP contribution in [0.4, 0.5) is 0 Å². The van der Waals surface area contributed by atoms with Crippen LogP contribution in [0, 0.1) is 5.41 Å². The second kappa shape index (κ2) is 2.30. The largest absolute Gasteiger partial charge is 0.278 e. The molecule has 4 nitrogen and oxygen atoms in total. The van der Waals surface area contributed by atoms with Gasteiger partial charge in [-0.3, -0.25) is 14.8 Å². The molecule has 0 aromatic carbocycles. The van der Waals surface area contributed by atoms with Crippen LogP contribution in [0.3, 0.4) is 0 Å². The van der Waals surface area contributed by atoms with Crippen molar-refractivity contribution in [3.8, 4) is 0 Å². The fourth-order valence-corrected chi connectivity index (χ4v) is 1.13. The summed E-state index contributed by atoms with van der Waals surface area (Å²) in [6.07, 6.45) is 0.702. The zero-order chi connectivity index (χ0) is 8.65. The van der Waals surface area contributed by atoms with Gasteiger partial charge in [0, 0.05) is 6.42 Å². The van der Waals surface area contributed by atoms with E-state index in [0.717, 1.165) is 0 Å². The molecule has 11 heavy (non-hydrogen) atoms. The van der Waals surface area contributed by atoms with Crippen LogP contribution in [-0.4, -0.2) is 22.1 Å². The Bertz CT molecular complexity index is 214. The number of hydrogen-bond donors (Lipinski definition) is 1. The summed E-state index contributed by atoms with van der Waals surface area (Å²) in [5, 5.41) is 9.09. The molecule has 1 aliphatic rings. The first kappa shape index (κ1) is 8.20. The van der Waals surface area contributed by atoms with E-state index in [4.69, 9.17) is 5.21 Å². The zero-order valence-electron chi connectivity index (χ0n) is 6.63. The first-order valence-corrected chi connectivity index (χ1v) is 3.57. The van der Waals surface area contributed by atoms with Gasteiger partial charge in [0.2, 0.25) is 0 Å². The van der Waals surface area contributed by atoms with Gasteiger partial charge in [0.25, 0.3) is 11.8 Å². The number of imide groups is 1. The summed E-state index contributed by atoms with van der Waals surface area (Å²) >= 11 is 0. The van der Waals surface area contributed by atoms with Crippen molar-refractivity contribution in [1.82, 2.24) is 5.06 Å². The maximum absolute atomic E-state index is 11.1. The van der Waals surface area contributed by atoms with Crippen molar-refractivity contribution in [2.75, 3.05) is 0 Å². The van der Waals surface area contributed by atoms with Crippen molar-refractivity contribution in [1.29, 1.82) is 0 Å². The second-order valence-corrected chi connectivity index (χ2v) is 3.10. The molecule has 1 fully saturated rings. The third-order valence-corrected chi connectivity index (χ3v) is 2.27. The Balaban J connectivity index is 2.91. The van der Waals surface area contributed by atoms with Crippen LogP contribution < -0.4 is 0 Å². The van der Waals surface area contributed by atoms with Crippen LogP contribution in [0.25, 0.3) is 0 Å². The average Bonchev–Trinajstić information content (AvgIpc) is 2.17. The fraction of sp³-hybridized carbons (Fsp3) is 0.714. The van der Waals surface area contributed by atoms with Crippen molar-refractivity contribution in [2.24, 2.45) is 5.41 Å². The SMILES string of the molecule is CCC1(C)CC(=O)N(O)C1=O. The van der Waals surface area contributed by atoms with Gasteiger partial charge in [0.05, 0.1) is 5.41 Å². The third-order valence-electron chi connectivity index (χ3n) is 2.27. The predicted molar refractivity (Wildman–Crippen MR) is 36.7 cm³/mol. The summed E-state index contributed by atoms with van der Waals surface area (Å²) in [6.45, 7) is 3.51. The molecule has 2 amide bonds. The van der Waals surface area contributed by atoms with E-state index >= 15 is 0 Å². The first-order chi connectivity index (χ1) is 5.01. The lowest BCUT2D eigenvalue weighted by Gasteiger charge is -2.16. The topological polar surface area (TPSA) is 57.6 Å². The van der Waals surface area contributed by atoms with Crippen LogP contribution in [0.1, 0.15) is 26.7 Å². The minimum Gasteiger partial charge on any atom is -0.278 e. The maximum Gasteiger partial charge on any atom is 0.259 e. The molecule has 0 bridgehead atoms. The van der Waals surface area contributed by atoms with Crippen molar-refractivity contribution >= 4 is 11.8 Å². The highest BCUT2D eigenvalue weighted by Gasteiger charge is 2.46. The Morgan fingerprint density at radius 3 is 2.36 bits per heavy atom. The van der Waals surface area contributed by atoms with E-state index in [2.05, 4.69) is 0 Å². The summed E-state index contributed by atoms with van der Waals surface area (Å²) in [6, 6.07) is 0. The summed E-state index contributed by atoms with van der Waals surface area (Å²) in [7, 11) is 0. The van der Waals surface area contributed by atoms with E-state index in [1.165, 1.54) is 0 Å². The lowest BCUT2D eigenvalue weighted by molar-refractivity contribution is -0.173. The van der Waals surface area contributed by atoms with E-state index in [-0.39, 0.29) is 11.5 Å². The third kappa shape index (κ3) is 1.03. The molecule has 1 unspecified atom stereocenters. The Morgan fingerprint density at radius 1 is 1.64 bits per heavy atom. The van der Waals surface area contributed by atoms with Crippen LogP contribution in [0.5, 0.6) is 0 Å². The van der Waals surface area contributed by atoms with Gasteiger partial charge in [-0.05, 0) is 6.42 Å². The molecule has 1 saturated heterocycles. The van der Waals surface area contributed by atoms with E-state index in [1.807, 2.05) is 6.92 Å². The van der Waals surface area contributed by atoms with E-state index in [9.17, 15) is 9.59 Å². The fourth-order valence-electron chi connectivity index (χ4n) is 1.13. The minimum absolute atomic E-state index is 0.124. The normalized spacial score (nSPS) is 31.7. The number of carbonyl (C=O) groups is 2. The van der Waals surface area contributed by atoms with Crippen LogP contribution >= 0.6 is 0 Å². The van der Waals surface area contributed by atoms with E-state index < -0.39 is 17.2 Å². The van der Waals surface area contributed by atoms with Gasteiger partial charge >= 0.3 is 0 Å². The standard InChI is InChI=1S/C7H11NO3/c1-3-7(2)4-5(9)8(11)6(7)10/h11H,3-4H2,1-2H3. The van der Waals surface area contributed by atoms with Crippen LogP contribution in [0.15, 0.2) is 0 Å². The van der Waals surface area contributed by atoms with Crippen molar-refractivity contribution in [3.05, 3.63) is 0 Å². The highest BCUT2D eigenvalue weighted by molar-refractivity contribution is 6.04. The molecule has 4 heteroatoms. The smallest absolute Gasteiger partial charge is 0.259 e. The molecule has 62 valence electrons. The number of nitrogens with zero attached hydrogens (tertiary/aromatic N) is 1. The molecule has 1 N–H and O–H groups in total. The Hall–Kier alpha value is -0.900. The highest BCUT2D eigenvalue weighted by atomic mass is 16.5. The second-order valence-electron chi connectivity index (χ2n) is 3.10. The molecule has 0 spiro atoms. The molecule has 1 rings (SSSR count). The van der Waals surface area contributed by atoms with Crippen LogP contribution in [0.2, 0.25) is 0 Å².